The Labute approximate surface area is 188 Å². The average Bonchev–Trinajstić information content (AvgIpc) is 3.44. The van der Waals surface area contributed by atoms with Crippen molar-refractivity contribution in [1.82, 2.24) is 24.4 Å². The lowest BCUT2D eigenvalue weighted by Gasteiger charge is -2.08. The lowest BCUT2D eigenvalue weighted by molar-refractivity contribution is 0.102. The highest BCUT2D eigenvalue weighted by molar-refractivity contribution is 6.30. The maximum atomic E-state index is 13.1. The summed E-state index contributed by atoms with van der Waals surface area (Å²) in [5, 5.41) is 22.4. The molecule has 1 aliphatic carbocycles. The molecule has 0 bridgehead atoms. The van der Waals surface area contributed by atoms with E-state index < -0.39 is 12.0 Å². The van der Waals surface area contributed by atoms with Gasteiger partial charge in [-0.1, -0.05) is 11.6 Å². The number of hydrogen-bond donors (Lipinski definition) is 2. The Hall–Kier alpha value is -3.61. The molecular formula is C22H19ClN6O3. The molecule has 0 spiro atoms. The maximum Gasteiger partial charge on any atom is 0.261 e. The summed E-state index contributed by atoms with van der Waals surface area (Å²) in [6, 6.07) is 8.99. The maximum absolute atomic E-state index is 13.1. The molecule has 1 saturated carbocycles. The van der Waals surface area contributed by atoms with Crippen LogP contribution in [0.1, 0.15) is 23.2 Å². The molecule has 1 atom stereocenters. The quantitative estimate of drug-likeness (QED) is 0.448. The molecule has 32 heavy (non-hydrogen) atoms. The molecule has 3 aromatic heterocycles. The number of hydrogen-bond acceptors (Lipinski definition) is 6. The molecule has 1 aliphatic rings. The molecule has 9 nitrogen and oxygen atoms in total. The first kappa shape index (κ1) is 20.3. The van der Waals surface area contributed by atoms with E-state index in [-0.39, 0.29) is 5.92 Å². The van der Waals surface area contributed by atoms with Crippen molar-refractivity contribution in [3.8, 4) is 17.0 Å². The Kier molecular flexibility index (Phi) is 5.17. The van der Waals surface area contributed by atoms with E-state index in [9.17, 15) is 9.90 Å². The largest absolute Gasteiger partial charge is 0.488 e. The van der Waals surface area contributed by atoms with E-state index in [1.807, 2.05) is 0 Å². The van der Waals surface area contributed by atoms with Crippen LogP contribution in [0.2, 0.25) is 5.02 Å². The third-order valence-electron chi connectivity index (χ3n) is 5.34. The lowest BCUT2D eigenvalue weighted by atomic mass is 10.1. The summed E-state index contributed by atoms with van der Waals surface area (Å²) >= 11 is 6.15. The number of carbonyl (C=O) groups is 1. The Morgan fingerprint density at radius 1 is 1.44 bits per heavy atom. The molecule has 1 aromatic carbocycles. The molecule has 162 valence electrons. The molecule has 2 N–H and O–H groups in total. The van der Waals surface area contributed by atoms with Crippen molar-refractivity contribution in [3.05, 3.63) is 59.6 Å². The van der Waals surface area contributed by atoms with E-state index in [0.29, 0.717) is 45.5 Å². The normalized spacial score (nSPS) is 14.2. The first-order valence-corrected chi connectivity index (χ1v) is 10.4. The van der Waals surface area contributed by atoms with Crippen LogP contribution in [-0.4, -0.2) is 48.6 Å². The second kappa shape index (κ2) is 8.15. The molecule has 0 aliphatic heterocycles. The number of fused-ring (bicyclic) bond motifs is 1. The molecule has 3 heterocycles. The number of carbonyl (C=O) groups excluding carboxylic acids is 1. The molecule has 1 amide bonds. The zero-order chi connectivity index (χ0) is 22.2. The van der Waals surface area contributed by atoms with Crippen LogP contribution in [0, 0.1) is 18.1 Å². The van der Waals surface area contributed by atoms with Crippen molar-refractivity contribution in [2.45, 2.75) is 25.5 Å². The molecule has 0 saturated heterocycles. The smallest absolute Gasteiger partial charge is 0.261 e. The first-order valence-electron chi connectivity index (χ1n) is 10.1. The summed E-state index contributed by atoms with van der Waals surface area (Å²) in [7, 11) is 1.51. The van der Waals surface area contributed by atoms with Crippen molar-refractivity contribution in [3.63, 3.8) is 0 Å². The summed E-state index contributed by atoms with van der Waals surface area (Å²) in [6.07, 6.45) is 7.96. The van der Waals surface area contributed by atoms with Crippen molar-refractivity contribution in [2.75, 3.05) is 12.4 Å². The van der Waals surface area contributed by atoms with Crippen LogP contribution >= 0.6 is 11.6 Å². The highest BCUT2D eigenvalue weighted by atomic mass is 35.5. The van der Waals surface area contributed by atoms with Crippen LogP contribution in [0.4, 0.5) is 5.69 Å². The van der Waals surface area contributed by atoms with Gasteiger partial charge in [-0.25, -0.2) is 9.50 Å². The molecule has 4 aromatic rings. The molecule has 1 fully saturated rings. The Bertz CT molecular complexity index is 1300. The average molecular weight is 451 g/mol. The van der Waals surface area contributed by atoms with Crippen LogP contribution in [0.5, 0.6) is 5.75 Å². The fourth-order valence-corrected chi connectivity index (χ4v) is 3.71. The van der Waals surface area contributed by atoms with Crippen molar-refractivity contribution >= 4 is 28.8 Å². The minimum absolute atomic E-state index is 0.286. The number of aliphatic hydroxyl groups excluding tert-OH is 1. The van der Waals surface area contributed by atoms with Gasteiger partial charge in [0.2, 0.25) is 0 Å². The SMILES string of the molecule is COc1c#cc(Cl)cc1-c1nn(C[C@H](O)C2CC2)cc1NC(=O)c1cnn2cccnc12. The standard InChI is InChI=1S/C22H19ClN6O3/c1-32-19-6-5-14(23)9-15(19)20-17(11-28(27-20)12-18(30)13-3-4-13)26-22(31)16-10-25-29-8-2-7-24-21(16)29/h2,7-11,13,18,30H,3-4,12H2,1H3,(H,26,31)/t18-/m0/s1. The van der Waals surface area contributed by atoms with Gasteiger partial charge in [-0.2, -0.15) is 10.2 Å². The second-order valence-corrected chi connectivity index (χ2v) is 8.01. The summed E-state index contributed by atoms with van der Waals surface area (Å²) in [6.45, 7) is 0.310. The molecule has 0 radical (unpaired) electrons. The van der Waals surface area contributed by atoms with Gasteiger partial charge in [0.25, 0.3) is 5.91 Å². The van der Waals surface area contributed by atoms with E-state index in [4.69, 9.17) is 16.3 Å². The first-order chi connectivity index (χ1) is 15.5. The summed E-state index contributed by atoms with van der Waals surface area (Å²) in [5.74, 6) is 0.281. The summed E-state index contributed by atoms with van der Waals surface area (Å²) < 4.78 is 8.54. The van der Waals surface area contributed by atoms with Crippen LogP contribution in [0.15, 0.2) is 36.9 Å². The van der Waals surface area contributed by atoms with Gasteiger partial charge in [0.15, 0.2) is 11.4 Å². The van der Waals surface area contributed by atoms with Crippen molar-refractivity contribution in [2.24, 2.45) is 5.92 Å². The minimum atomic E-state index is -0.503. The monoisotopic (exact) mass is 450 g/mol. The fourth-order valence-electron chi connectivity index (χ4n) is 3.55. The molecule has 5 rings (SSSR count). The van der Waals surface area contributed by atoms with E-state index >= 15 is 0 Å². The zero-order valence-corrected chi connectivity index (χ0v) is 17.9. The Morgan fingerprint density at radius 2 is 2.28 bits per heavy atom. The number of halogens is 1. The fraction of sp³-hybridized carbons (Fsp3) is 0.273. The Balaban J connectivity index is 1.53. The molecular weight excluding hydrogens is 432 g/mol. The number of amides is 1. The van der Waals surface area contributed by atoms with Gasteiger partial charge < -0.3 is 15.2 Å². The minimum Gasteiger partial charge on any atom is -0.488 e. The molecule has 0 unspecified atom stereocenters. The van der Waals surface area contributed by atoms with E-state index in [1.54, 1.807) is 35.4 Å². The van der Waals surface area contributed by atoms with Crippen LogP contribution in [-0.2, 0) is 6.54 Å². The van der Waals surface area contributed by atoms with Gasteiger partial charge in [0.1, 0.15) is 11.3 Å². The number of aromatic nitrogens is 5. The predicted molar refractivity (Wildman–Crippen MR) is 117 cm³/mol. The topological polar surface area (TPSA) is 107 Å². The van der Waals surface area contributed by atoms with Crippen LogP contribution in [0.3, 0.4) is 0 Å². The van der Waals surface area contributed by atoms with E-state index in [2.05, 4.69) is 32.6 Å². The zero-order valence-electron chi connectivity index (χ0n) is 17.1. The van der Waals surface area contributed by atoms with Gasteiger partial charge in [-0.15, -0.1) is 0 Å². The number of ether oxygens (including phenoxy) is 1. The van der Waals surface area contributed by atoms with Crippen molar-refractivity contribution in [1.29, 1.82) is 0 Å². The van der Waals surface area contributed by atoms with Gasteiger partial charge >= 0.3 is 0 Å². The number of anilines is 1. The van der Waals surface area contributed by atoms with Gasteiger partial charge in [0.05, 0.1) is 42.2 Å². The summed E-state index contributed by atoms with van der Waals surface area (Å²) in [4.78, 5) is 17.3. The third-order valence-corrected chi connectivity index (χ3v) is 5.55. The molecule has 10 heteroatoms. The highest BCUT2D eigenvalue weighted by Gasteiger charge is 2.30. The van der Waals surface area contributed by atoms with E-state index in [0.717, 1.165) is 12.8 Å². The Morgan fingerprint density at radius 3 is 3.06 bits per heavy atom. The predicted octanol–water partition coefficient (Wildman–Crippen LogP) is 2.88. The number of methoxy groups -OCH3 is 1. The number of aliphatic hydroxyl groups is 1. The number of rotatable bonds is 7. The van der Waals surface area contributed by atoms with Crippen LogP contribution < -0.4 is 10.1 Å². The third kappa shape index (κ3) is 3.86. The van der Waals surface area contributed by atoms with Gasteiger partial charge in [-0.3, -0.25) is 9.48 Å². The highest BCUT2D eigenvalue weighted by Crippen LogP contribution is 2.36. The van der Waals surface area contributed by atoms with Gasteiger partial charge in [-0.05, 0) is 43.0 Å². The lowest BCUT2D eigenvalue weighted by Crippen LogP contribution is -2.18. The van der Waals surface area contributed by atoms with Gasteiger partial charge in [0, 0.05) is 18.6 Å². The van der Waals surface area contributed by atoms with Crippen LogP contribution in [0.25, 0.3) is 16.9 Å². The summed E-state index contributed by atoms with van der Waals surface area (Å²) in [5.41, 5.74) is 2.17. The van der Waals surface area contributed by atoms with Crippen molar-refractivity contribution < 1.29 is 14.6 Å². The second-order valence-electron chi connectivity index (χ2n) is 7.61. The van der Waals surface area contributed by atoms with E-state index in [1.165, 1.54) is 17.8 Å². The number of nitrogens with zero attached hydrogens (tertiary/aromatic N) is 5. The number of nitrogens with one attached hydrogen (secondary N) is 1.